The van der Waals surface area contributed by atoms with E-state index in [9.17, 15) is 0 Å². The third kappa shape index (κ3) is 3.35. The highest BCUT2D eigenvalue weighted by molar-refractivity contribution is 9.10. The van der Waals surface area contributed by atoms with Crippen LogP contribution in [0, 0.1) is 0 Å². The molecule has 2 nitrogen and oxygen atoms in total. The third-order valence-electron chi connectivity index (χ3n) is 4.06. The van der Waals surface area contributed by atoms with Gasteiger partial charge in [0, 0.05) is 21.9 Å². The molecule has 2 rings (SSSR count). The summed E-state index contributed by atoms with van der Waals surface area (Å²) in [5.74, 6) is 0. The summed E-state index contributed by atoms with van der Waals surface area (Å²) in [6.07, 6.45) is 8.21. The number of hydrogen-bond acceptors (Lipinski definition) is 3. The zero-order valence-corrected chi connectivity index (χ0v) is 13.5. The molecule has 2 N–H and O–H groups in total. The Kier molecular flexibility index (Phi) is 5.67. The van der Waals surface area contributed by atoms with Gasteiger partial charge in [-0.1, -0.05) is 25.7 Å². The van der Waals surface area contributed by atoms with Gasteiger partial charge in [-0.2, -0.15) is 0 Å². The van der Waals surface area contributed by atoms with Crippen molar-refractivity contribution in [3.05, 3.63) is 20.8 Å². The standard InChI is InChI=1S/C14H23BrN2S/c1-17(11-6-4-2-3-5-7-11)13(10-16)14-12(15)8-9-18-14/h8-9,11,13H,2-7,10,16H2,1H3. The molecule has 4 heteroatoms. The van der Waals surface area contributed by atoms with Crippen LogP contribution in [0.25, 0.3) is 0 Å². The maximum absolute atomic E-state index is 6.02. The lowest BCUT2D eigenvalue weighted by Gasteiger charge is -2.34. The molecular formula is C14H23BrN2S. The lowest BCUT2D eigenvalue weighted by atomic mass is 10.0. The topological polar surface area (TPSA) is 29.3 Å². The van der Waals surface area contributed by atoms with Gasteiger partial charge in [-0.3, -0.25) is 4.90 Å². The molecule has 1 aliphatic carbocycles. The molecular weight excluding hydrogens is 308 g/mol. The lowest BCUT2D eigenvalue weighted by Crippen LogP contribution is -2.38. The first-order chi connectivity index (χ1) is 8.74. The van der Waals surface area contributed by atoms with Gasteiger partial charge in [0.1, 0.15) is 0 Å². The van der Waals surface area contributed by atoms with E-state index in [2.05, 4.69) is 39.3 Å². The van der Waals surface area contributed by atoms with Crippen LogP contribution in [0.2, 0.25) is 0 Å². The van der Waals surface area contributed by atoms with Crippen LogP contribution < -0.4 is 5.73 Å². The molecule has 1 saturated carbocycles. The Morgan fingerprint density at radius 3 is 2.56 bits per heavy atom. The van der Waals surface area contributed by atoms with E-state index in [1.807, 2.05) is 11.3 Å². The molecule has 0 saturated heterocycles. The molecule has 0 amide bonds. The quantitative estimate of drug-likeness (QED) is 0.839. The van der Waals surface area contributed by atoms with Crippen molar-refractivity contribution in [1.82, 2.24) is 4.90 Å². The summed E-state index contributed by atoms with van der Waals surface area (Å²) < 4.78 is 1.21. The van der Waals surface area contributed by atoms with Gasteiger partial charge in [0.15, 0.2) is 0 Å². The number of likely N-dealkylation sites (N-methyl/N-ethyl adjacent to an activating group) is 1. The van der Waals surface area contributed by atoms with E-state index in [1.165, 1.54) is 47.9 Å². The first-order valence-corrected chi connectivity index (χ1v) is 8.56. The molecule has 18 heavy (non-hydrogen) atoms. The van der Waals surface area contributed by atoms with Crippen LogP contribution in [-0.2, 0) is 0 Å². The van der Waals surface area contributed by atoms with Crippen molar-refractivity contribution in [2.75, 3.05) is 13.6 Å². The SMILES string of the molecule is CN(C1CCCCCC1)C(CN)c1sccc1Br. The van der Waals surface area contributed by atoms with Gasteiger partial charge in [0.25, 0.3) is 0 Å². The third-order valence-corrected chi connectivity index (χ3v) is 6.03. The predicted molar refractivity (Wildman–Crippen MR) is 83.1 cm³/mol. The second kappa shape index (κ2) is 7.04. The Hall–Kier alpha value is 0.100. The molecule has 0 aromatic carbocycles. The highest BCUT2D eigenvalue weighted by Gasteiger charge is 2.26. The minimum atomic E-state index is 0.363. The Morgan fingerprint density at radius 2 is 2.06 bits per heavy atom. The van der Waals surface area contributed by atoms with E-state index in [4.69, 9.17) is 5.73 Å². The molecule has 0 aliphatic heterocycles. The molecule has 1 fully saturated rings. The van der Waals surface area contributed by atoms with Gasteiger partial charge in [-0.25, -0.2) is 0 Å². The fourth-order valence-electron chi connectivity index (χ4n) is 2.92. The fraction of sp³-hybridized carbons (Fsp3) is 0.714. The molecule has 1 unspecified atom stereocenters. The van der Waals surface area contributed by atoms with Crippen LogP contribution in [-0.4, -0.2) is 24.5 Å². The summed E-state index contributed by atoms with van der Waals surface area (Å²) in [7, 11) is 2.25. The zero-order valence-electron chi connectivity index (χ0n) is 11.1. The largest absolute Gasteiger partial charge is 0.329 e. The Morgan fingerprint density at radius 1 is 1.39 bits per heavy atom. The van der Waals surface area contributed by atoms with Crippen LogP contribution in [0.3, 0.4) is 0 Å². The smallest absolute Gasteiger partial charge is 0.0575 e. The van der Waals surface area contributed by atoms with Gasteiger partial charge < -0.3 is 5.73 Å². The van der Waals surface area contributed by atoms with Gasteiger partial charge in [-0.15, -0.1) is 11.3 Å². The summed E-state index contributed by atoms with van der Waals surface area (Å²) >= 11 is 5.45. The average molecular weight is 331 g/mol. The summed E-state index contributed by atoms with van der Waals surface area (Å²) in [5, 5.41) is 2.14. The zero-order chi connectivity index (χ0) is 13.0. The van der Waals surface area contributed by atoms with Crippen molar-refractivity contribution < 1.29 is 0 Å². The van der Waals surface area contributed by atoms with Crippen molar-refractivity contribution in [2.24, 2.45) is 5.73 Å². The number of nitrogens with zero attached hydrogens (tertiary/aromatic N) is 1. The molecule has 0 bridgehead atoms. The molecule has 1 aromatic heterocycles. The number of thiophene rings is 1. The monoisotopic (exact) mass is 330 g/mol. The van der Waals surface area contributed by atoms with Crippen molar-refractivity contribution in [2.45, 2.75) is 50.6 Å². The Bertz CT molecular complexity index is 358. The molecule has 0 radical (unpaired) electrons. The molecule has 102 valence electrons. The Balaban J connectivity index is 2.09. The van der Waals surface area contributed by atoms with E-state index in [0.717, 1.165) is 0 Å². The minimum absolute atomic E-state index is 0.363. The first-order valence-electron chi connectivity index (χ1n) is 6.89. The average Bonchev–Trinajstić information content (AvgIpc) is 2.66. The number of nitrogens with two attached hydrogens (primary N) is 1. The number of rotatable bonds is 4. The van der Waals surface area contributed by atoms with E-state index in [0.29, 0.717) is 18.6 Å². The van der Waals surface area contributed by atoms with E-state index in [1.54, 1.807) is 0 Å². The lowest BCUT2D eigenvalue weighted by molar-refractivity contribution is 0.163. The molecule has 1 heterocycles. The summed E-state index contributed by atoms with van der Waals surface area (Å²) in [5.41, 5.74) is 6.02. The normalized spacial score (nSPS) is 20.0. The van der Waals surface area contributed by atoms with Gasteiger partial charge >= 0.3 is 0 Å². The van der Waals surface area contributed by atoms with Crippen molar-refractivity contribution in [1.29, 1.82) is 0 Å². The molecule has 0 spiro atoms. The molecule has 1 aromatic rings. The van der Waals surface area contributed by atoms with E-state index < -0.39 is 0 Å². The summed E-state index contributed by atoms with van der Waals surface area (Å²) in [6, 6.07) is 3.20. The van der Waals surface area contributed by atoms with Crippen molar-refractivity contribution >= 4 is 27.3 Å². The second-order valence-corrected chi connectivity index (χ2v) is 7.00. The van der Waals surface area contributed by atoms with Crippen LogP contribution in [0.15, 0.2) is 15.9 Å². The van der Waals surface area contributed by atoms with Crippen LogP contribution in [0.1, 0.15) is 49.4 Å². The van der Waals surface area contributed by atoms with E-state index >= 15 is 0 Å². The van der Waals surface area contributed by atoms with Crippen molar-refractivity contribution in [3.63, 3.8) is 0 Å². The maximum Gasteiger partial charge on any atom is 0.0575 e. The van der Waals surface area contributed by atoms with Gasteiger partial charge in [0.2, 0.25) is 0 Å². The number of hydrogen-bond donors (Lipinski definition) is 1. The predicted octanol–water partition coefficient (Wildman–Crippen LogP) is 4.17. The molecule has 1 aliphatic rings. The summed E-state index contributed by atoms with van der Waals surface area (Å²) in [4.78, 5) is 3.89. The van der Waals surface area contributed by atoms with Crippen molar-refractivity contribution in [3.8, 4) is 0 Å². The van der Waals surface area contributed by atoms with Gasteiger partial charge in [-0.05, 0) is 47.3 Å². The maximum atomic E-state index is 6.02. The van der Waals surface area contributed by atoms with Crippen LogP contribution >= 0.6 is 27.3 Å². The minimum Gasteiger partial charge on any atom is -0.329 e. The van der Waals surface area contributed by atoms with Gasteiger partial charge in [0.05, 0.1) is 6.04 Å². The fourth-order valence-corrected chi connectivity index (χ4v) is 4.72. The van der Waals surface area contributed by atoms with Crippen LogP contribution in [0.5, 0.6) is 0 Å². The van der Waals surface area contributed by atoms with E-state index in [-0.39, 0.29) is 0 Å². The second-order valence-electron chi connectivity index (χ2n) is 5.20. The highest BCUT2D eigenvalue weighted by atomic mass is 79.9. The Labute approximate surface area is 123 Å². The highest BCUT2D eigenvalue weighted by Crippen LogP contribution is 2.34. The first kappa shape index (κ1) is 14.5. The number of halogens is 1. The van der Waals surface area contributed by atoms with Crippen LogP contribution in [0.4, 0.5) is 0 Å². The summed E-state index contributed by atoms with van der Waals surface area (Å²) in [6.45, 7) is 0.701. The molecule has 1 atom stereocenters.